The van der Waals surface area contributed by atoms with Crippen LogP contribution in [0.5, 0.6) is 5.75 Å². The Balaban J connectivity index is 1.73. The summed E-state index contributed by atoms with van der Waals surface area (Å²) in [5, 5.41) is 11.3. The first-order chi connectivity index (χ1) is 13.7. The van der Waals surface area contributed by atoms with E-state index in [1.54, 1.807) is 12.0 Å². The van der Waals surface area contributed by atoms with Crippen molar-refractivity contribution in [2.75, 3.05) is 44.4 Å². The number of piperazine rings is 1. The SMILES string of the molecule is COc1ccc(N2CCN(C(=O)c3ccc(S(C)(=O)=O)c([N+](=O)[O-])c3)CC2)cc1. The van der Waals surface area contributed by atoms with Gasteiger partial charge in [0, 0.05) is 49.8 Å². The smallest absolute Gasteiger partial charge is 0.288 e. The van der Waals surface area contributed by atoms with E-state index in [1.807, 2.05) is 24.3 Å². The molecule has 1 heterocycles. The molecule has 0 atom stereocenters. The molecular formula is C19H21N3O6S. The first kappa shape index (κ1) is 20.6. The lowest BCUT2D eigenvalue weighted by atomic mass is 10.1. The topological polar surface area (TPSA) is 110 Å². The van der Waals surface area contributed by atoms with Gasteiger partial charge in [-0.1, -0.05) is 0 Å². The van der Waals surface area contributed by atoms with Crippen LogP contribution in [0.25, 0.3) is 0 Å². The minimum Gasteiger partial charge on any atom is -0.497 e. The summed E-state index contributed by atoms with van der Waals surface area (Å²) < 4.78 is 28.6. The minimum atomic E-state index is -3.77. The van der Waals surface area contributed by atoms with Gasteiger partial charge in [-0.05, 0) is 36.4 Å². The molecule has 3 rings (SSSR count). The fourth-order valence-corrected chi connectivity index (χ4v) is 4.08. The second-order valence-corrected chi connectivity index (χ2v) is 8.67. The van der Waals surface area contributed by atoms with E-state index in [2.05, 4.69) is 4.90 Å². The summed E-state index contributed by atoms with van der Waals surface area (Å²) >= 11 is 0. The number of ether oxygens (including phenoxy) is 1. The second-order valence-electron chi connectivity index (χ2n) is 6.69. The zero-order valence-electron chi connectivity index (χ0n) is 16.1. The van der Waals surface area contributed by atoms with Gasteiger partial charge in [-0.25, -0.2) is 8.42 Å². The molecule has 154 valence electrons. The zero-order chi connectivity index (χ0) is 21.2. The third-order valence-corrected chi connectivity index (χ3v) is 5.95. The summed E-state index contributed by atoms with van der Waals surface area (Å²) in [4.78, 5) is 26.6. The van der Waals surface area contributed by atoms with Gasteiger partial charge in [0.05, 0.1) is 12.0 Å². The molecule has 1 amide bonds. The minimum absolute atomic E-state index is 0.0991. The number of carbonyl (C=O) groups is 1. The second kappa shape index (κ2) is 8.08. The molecule has 1 saturated heterocycles. The van der Waals surface area contributed by atoms with Crippen molar-refractivity contribution >= 4 is 27.1 Å². The number of methoxy groups -OCH3 is 1. The van der Waals surface area contributed by atoms with Crippen LogP contribution >= 0.6 is 0 Å². The van der Waals surface area contributed by atoms with Crippen molar-refractivity contribution in [2.24, 2.45) is 0 Å². The van der Waals surface area contributed by atoms with Gasteiger partial charge in [-0.2, -0.15) is 0 Å². The lowest BCUT2D eigenvalue weighted by molar-refractivity contribution is -0.387. The number of sulfone groups is 1. The van der Waals surface area contributed by atoms with Gasteiger partial charge < -0.3 is 14.5 Å². The number of amides is 1. The predicted octanol–water partition coefficient (Wildman–Crippen LogP) is 1.97. The average Bonchev–Trinajstić information content (AvgIpc) is 2.72. The van der Waals surface area contributed by atoms with Gasteiger partial charge in [0.15, 0.2) is 9.84 Å². The molecule has 1 aliphatic rings. The summed E-state index contributed by atoms with van der Waals surface area (Å²) in [6, 6.07) is 11.1. The first-order valence-electron chi connectivity index (χ1n) is 8.87. The lowest BCUT2D eigenvalue weighted by Crippen LogP contribution is -2.48. The van der Waals surface area contributed by atoms with Crippen molar-refractivity contribution in [3.05, 3.63) is 58.1 Å². The van der Waals surface area contributed by atoms with Crippen molar-refractivity contribution < 1.29 is 22.9 Å². The van der Waals surface area contributed by atoms with Gasteiger partial charge in [0.1, 0.15) is 10.6 Å². The van der Waals surface area contributed by atoms with E-state index in [1.165, 1.54) is 6.07 Å². The number of nitro groups is 1. The van der Waals surface area contributed by atoms with Crippen LogP contribution in [0.4, 0.5) is 11.4 Å². The van der Waals surface area contributed by atoms with Gasteiger partial charge in [0.2, 0.25) is 0 Å². The molecule has 0 aliphatic carbocycles. The van der Waals surface area contributed by atoms with E-state index < -0.39 is 25.3 Å². The highest BCUT2D eigenvalue weighted by molar-refractivity contribution is 7.90. The number of nitro benzene ring substituents is 1. The van der Waals surface area contributed by atoms with E-state index in [-0.39, 0.29) is 11.5 Å². The molecule has 2 aromatic carbocycles. The summed E-state index contributed by atoms with van der Waals surface area (Å²) in [6.45, 7) is 2.13. The molecule has 0 radical (unpaired) electrons. The zero-order valence-corrected chi connectivity index (χ0v) is 16.9. The normalized spacial score (nSPS) is 14.6. The highest BCUT2D eigenvalue weighted by Gasteiger charge is 2.27. The first-order valence-corrected chi connectivity index (χ1v) is 10.8. The maximum absolute atomic E-state index is 12.8. The van der Waals surface area contributed by atoms with Crippen molar-refractivity contribution in [3.63, 3.8) is 0 Å². The number of rotatable bonds is 5. The van der Waals surface area contributed by atoms with Gasteiger partial charge in [-0.3, -0.25) is 14.9 Å². The Morgan fingerprint density at radius 2 is 1.69 bits per heavy atom. The fraction of sp³-hybridized carbons (Fsp3) is 0.316. The maximum atomic E-state index is 12.8. The Morgan fingerprint density at radius 1 is 1.07 bits per heavy atom. The molecule has 10 heteroatoms. The van der Waals surface area contributed by atoms with Gasteiger partial charge >= 0.3 is 0 Å². The van der Waals surface area contributed by atoms with Crippen molar-refractivity contribution in [1.82, 2.24) is 4.90 Å². The quantitative estimate of drug-likeness (QED) is 0.538. The number of nitrogens with zero attached hydrogens (tertiary/aromatic N) is 3. The summed E-state index contributed by atoms with van der Waals surface area (Å²) in [5.74, 6) is 0.407. The molecule has 1 fully saturated rings. The van der Waals surface area contributed by atoms with E-state index in [0.717, 1.165) is 29.8 Å². The fourth-order valence-electron chi connectivity index (χ4n) is 3.25. The molecule has 0 saturated carbocycles. The Labute approximate surface area is 168 Å². The predicted molar refractivity (Wildman–Crippen MR) is 107 cm³/mol. The van der Waals surface area contributed by atoms with Crippen LogP contribution < -0.4 is 9.64 Å². The van der Waals surface area contributed by atoms with Crippen LogP contribution in [-0.2, 0) is 9.84 Å². The summed E-state index contributed by atoms with van der Waals surface area (Å²) in [5.41, 5.74) is 0.531. The molecule has 1 aliphatic heterocycles. The van der Waals surface area contributed by atoms with E-state index in [0.29, 0.717) is 26.2 Å². The van der Waals surface area contributed by atoms with Crippen LogP contribution in [0.3, 0.4) is 0 Å². The molecule has 0 bridgehead atoms. The molecular weight excluding hydrogens is 398 g/mol. The number of hydrogen-bond donors (Lipinski definition) is 0. The van der Waals surface area contributed by atoms with Crippen molar-refractivity contribution in [2.45, 2.75) is 4.90 Å². The molecule has 0 aromatic heterocycles. The Morgan fingerprint density at radius 3 is 2.21 bits per heavy atom. The number of benzene rings is 2. The standard InChI is InChI=1S/C19H21N3O6S/c1-28-16-6-4-15(5-7-16)20-9-11-21(12-10-20)19(23)14-3-8-18(29(2,26)27)17(13-14)22(24)25/h3-8,13H,9-12H2,1-2H3. The van der Waals surface area contributed by atoms with E-state index in [4.69, 9.17) is 4.74 Å². The van der Waals surface area contributed by atoms with Crippen LogP contribution in [0.15, 0.2) is 47.4 Å². The Bertz CT molecular complexity index is 1030. The summed E-state index contributed by atoms with van der Waals surface area (Å²) in [7, 11) is -2.17. The average molecular weight is 419 g/mol. The molecule has 29 heavy (non-hydrogen) atoms. The number of hydrogen-bond acceptors (Lipinski definition) is 7. The molecule has 9 nitrogen and oxygen atoms in total. The maximum Gasteiger partial charge on any atom is 0.288 e. The van der Waals surface area contributed by atoms with E-state index >= 15 is 0 Å². The molecule has 0 spiro atoms. The van der Waals surface area contributed by atoms with Crippen LogP contribution in [-0.4, -0.2) is 63.7 Å². The monoisotopic (exact) mass is 419 g/mol. The largest absolute Gasteiger partial charge is 0.497 e. The van der Waals surface area contributed by atoms with Crippen LogP contribution in [0.1, 0.15) is 10.4 Å². The third kappa shape index (κ3) is 4.48. The van der Waals surface area contributed by atoms with Gasteiger partial charge in [0.25, 0.3) is 11.6 Å². The van der Waals surface area contributed by atoms with Crippen molar-refractivity contribution in [1.29, 1.82) is 0 Å². The third-order valence-electron chi connectivity index (χ3n) is 4.81. The molecule has 2 aromatic rings. The van der Waals surface area contributed by atoms with Gasteiger partial charge in [-0.15, -0.1) is 0 Å². The van der Waals surface area contributed by atoms with Crippen molar-refractivity contribution in [3.8, 4) is 5.75 Å². The van der Waals surface area contributed by atoms with Crippen LogP contribution in [0.2, 0.25) is 0 Å². The van der Waals surface area contributed by atoms with E-state index in [9.17, 15) is 23.3 Å². The molecule has 0 unspecified atom stereocenters. The highest BCUT2D eigenvalue weighted by Crippen LogP contribution is 2.26. The molecule has 0 N–H and O–H groups in total. The highest BCUT2D eigenvalue weighted by atomic mass is 32.2. The Kier molecular flexibility index (Phi) is 5.73. The lowest BCUT2D eigenvalue weighted by Gasteiger charge is -2.36. The Hall–Kier alpha value is -3.14. The number of anilines is 1. The summed E-state index contributed by atoms with van der Waals surface area (Å²) in [6.07, 6.45) is 0.898. The van der Waals surface area contributed by atoms with Crippen LogP contribution in [0, 0.1) is 10.1 Å². The number of carbonyl (C=O) groups excluding carboxylic acids is 1.